The van der Waals surface area contributed by atoms with Crippen molar-refractivity contribution < 1.29 is 14.4 Å². The van der Waals surface area contributed by atoms with Gasteiger partial charge >= 0.3 is 11.8 Å². The molecule has 1 fully saturated rings. The molecule has 0 aliphatic carbocycles. The first-order valence-corrected chi connectivity index (χ1v) is 8.46. The molecule has 0 aromatic heterocycles. The first kappa shape index (κ1) is 18.0. The molecule has 0 bridgehead atoms. The molecule has 1 aliphatic rings. The summed E-state index contributed by atoms with van der Waals surface area (Å²) in [6.07, 6.45) is 3.30. The molecule has 1 aromatic rings. The van der Waals surface area contributed by atoms with Crippen LogP contribution in [0.1, 0.15) is 32.3 Å². The third-order valence-corrected chi connectivity index (χ3v) is 4.24. The summed E-state index contributed by atoms with van der Waals surface area (Å²) in [7, 11) is 0. The lowest BCUT2D eigenvalue weighted by molar-refractivity contribution is -0.145. The van der Waals surface area contributed by atoms with Gasteiger partial charge in [0.25, 0.3) is 0 Å². The normalized spacial score (nSPS) is 14.4. The molecule has 1 heterocycles. The topological polar surface area (TPSA) is 69.7 Å². The van der Waals surface area contributed by atoms with Crippen LogP contribution in [0.15, 0.2) is 24.3 Å². The average molecular weight is 331 g/mol. The van der Waals surface area contributed by atoms with Crippen molar-refractivity contribution in [3.05, 3.63) is 29.8 Å². The van der Waals surface area contributed by atoms with Crippen LogP contribution in [0.4, 0.5) is 5.69 Å². The van der Waals surface area contributed by atoms with Crippen molar-refractivity contribution >= 4 is 23.4 Å². The molecule has 130 valence electrons. The van der Waals surface area contributed by atoms with Crippen LogP contribution >= 0.6 is 0 Å². The highest BCUT2D eigenvalue weighted by Crippen LogP contribution is 2.12. The zero-order valence-corrected chi connectivity index (χ0v) is 14.4. The van der Waals surface area contributed by atoms with E-state index in [1.807, 2.05) is 24.3 Å². The maximum Gasteiger partial charge on any atom is 0.313 e. The first-order valence-electron chi connectivity index (χ1n) is 8.46. The monoisotopic (exact) mass is 331 g/mol. The minimum absolute atomic E-state index is 0.00490. The molecule has 1 aliphatic heterocycles. The molecule has 1 aromatic carbocycles. The van der Waals surface area contributed by atoms with E-state index in [4.69, 9.17) is 0 Å². The van der Waals surface area contributed by atoms with E-state index in [0.717, 1.165) is 19.3 Å². The summed E-state index contributed by atoms with van der Waals surface area (Å²) in [4.78, 5) is 38.8. The Morgan fingerprint density at radius 3 is 2.12 bits per heavy atom. The number of hydrogen-bond acceptors (Lipinski definition) is 3. The van der Waals surface area contributed by atoms with Gasteiger partial charge in [-0.1, -0.05) is 25.5 Å². The minimum Gasteiger partial charge on any atom is -0.339 e. The highest BCUT2D eigenvalue weighted by atomic mass is 16.2. The van der Waals surface area contributed by atoms with Crippen molar-refractivity contribution in [2.45, 2.75) is 33.1 Å². The summed E-state index contributed by atoms with van der Waals surface area (Å²) in [5.74, 6) is -1.18. The second-order valence-electron chi connectivity index (χ2n) is 6.05. The van der Waals surface area contributed by atoms with Crippen LogP contribution in [0.5, 0.6) is 0 Å². The van der Waals surface area contributed by atoms with Gasteiger partial charge in [-0.15, -0.1) is 0 Å². The third kappa shape index (κ3) is 4.81. The molecule has 6 heteroatoms. The summed E-state index contributed by atoms with van der Waals surface area (Å²) < 4.78 is 0. The third-order valence-electron chi connectivity index (χ3n) is 4.24. The van der Waals surface area contributed by atoms with Crippen LogP contribution in [-0.4, -0.2) is 53.7 Å². The predicted octanol–water partition coefficient (Wildman–Crippen LogP) is 1.66. The number of aryl methyl sites for hydroxylation is 1. The minimum atomic E-state index is -0.632. The van der Waals surface area contributed by atoms with Gasteiger partial charge in [0.1, 0.15) is 0 Å². The van der Waals surface area contributed by atoms with Gasteiger partial charge in [-0.2, -0.15) is 0 Å². The van der Waals surface area contributed by atoms with E-state index in [0.29, 0.717) is 31.9 Å². The first-order chi connectivity index (χ1) is 11.5. The molecular weight excluding hydrogens is 306 g/mol. The molecule has 0 spiro atoms. The highest BCUT2D eigenvalue weighted by molar-refractivity contribution is 6.39. The summed E-state index contributed by atoms with van der Waals surface area (Å²) in [6.45, 7) is 5.38. The quantitative estimate of drug-likeness (QED) is 0.853. The Labute approximate surface area is 142 Å². The molecule has 0 unspecified atom stereocenters. The number of hydrogen-bond donors (Lipinski definition) is 1. The van der Waals surface area contributed by atoms with E-state index in [9.17, 15) is 14.4 Å². The fraction of sp³-hybridized carbons (Fsp3) is 0.500. The lowest BCUT2D eigenvalue weighted by Gasteiger charge is -2.33. The van der Waals surface area contributed by atoms with Crippen LogP contribution in [0.25, 0.3) is 0 Å². The molecular formula is C18H25N3O3. The smallest absolute Gasteiger partial charge is 0.313 e. The Hall–Kier alpha value is -2.37. The molecule has 0 atom stereocenters. The van der Waals surface area contributed by atoms with Gasteiger partial charge in [-0.3, -0.25) is 14.4 Å². The Morgan fingerprint density at radius 2 is 1.58 bits per heavy atom. The second-order valence-corrected chi connectivity index (χ2v) is 6.05. The van der Waals surface area contributed by atoms with Gasteiger partial charge in [0.2, 0.25) is 5.91 Å². The van der Waals surface area contributed by atoms with E-state index < -0.39 is 11.8 Å². The highest BCUT2D eigenvalue weighted by Gasteiger charge is 2.26. The standard InChI is InChI=1S/C18H25N3O3/c1-3-4-5-15-6-8-16(9-7-15)19-17(23)18(24)21-12-10-20(11-13-21)14(2)22/h6-9H,3-5,10-13H2,1-2H3,(H,19,23). The van der Waals surface area contributed by atoms with E-state index >= 15 is 0 Å². The molecule has 2 rings (SSSR count). The molecule has 0 saturated carbocycles. The summed E-state index contributed by atoms with van der Waals surface area (Å²) in [6, 6.07) is 7.59. The zero-order valence-electron chi connectivity index (χ0n) is 14.4. The number of carbonyl (C=O) groups is 3. The van der Waals surface area contributed by atoms with E-state index in [2.05, 4.69) is 12.2 Å². The Kier molecular flexibility index (Phi) is 6.35. The van der Waals surface area contributed by atoms with Gasteiger partial charge in [0.15, 0.2) is 0 Å². The number of unbranched alkanes of at least 4 members (excludes halogenated alkanes) is 1. The van der Waals surface area contributed by atoms with E-state index in [-0.39, 0.29) is 5.91 Å². The number of rotatable bonds is 4. The summed E-state index contributed by atoms with van der Waals surface area (Å²) >= 11 is 0. The lowest BCUT2D eigenvalue weighted by Crippen LogP contribution is -2.52. The van der Waals surface area contributed by atoms with Gasteiger partial charge < -0.3 is 15.1 Å². The second kappa shape index (κ2) is 8.47. The van der Waals surface area contributed by atoms with Gasteiger partial charge in [-0.05, 0) is 30.5 Å². The number of carbonyl (C=O) groups excluding carboxylic acids is 3. The molecule has 0 radical (unpaired) electrons. The van der Waals surface area contributed by atoms with Gasteiger partial charge in [0, 0.05) is 38.8 Å². The van der Waals surface area contributed by atoms with E-state index in [1.54, 1.807) is 4.90 Å². The van der Waals surface area contributed by atoms with Crippen molar-refractivity contribution in [1.29, 1.82) is 0 Å². The maximum absolute atomic E-state index is 12.2. The van der Waals surface area contributed by atoms with Gasteiger partial charge in [-0.25, -0.2) is 0 Å². The Morgan fingerprint density at radius 1 is 1.00 bits per heavy atom. The number of benzene rings is 1. The van der Waals surface area contributed by atoms with Gasteiger partial charge in [0.05, 0.1) is 0 Å². The SMILES string of the molecule is CCCCc1ccc(NC(=O)C(=O)N2CCN(C(C)=O)CC2)cc1. The average Bonchev–Trinajstić information content (AvgIpc) is 2.60. The van der Waals surface area contributed by atoms with Crippen molar-refractivity contribution in [2.75, 3.05) is 31.5 Å². The van der Waals surface area contributed by atoms with Crippen LogP contribution in [0.3, 0.4) is 0 Å². The van der Waals surface area contributed by atoms with Crippen LogP contribution in [0.2, 0.25) is 0 Å². The maximum atomic E-state index is 12.2. The zero-order chi connectivity index (χ0) is 17.5. The number of nitrogens with zero attached hydrogens (tertiary/aromatic N) is 2. The molecule has 24 heavy (non-hydrogen) atoms. The van der Waals surface area contributed by atoms with Crippen LogP contribution < -0.4 is 5.32 Å². The lowest BCUT2D eigenvalue weighted by atomic mass is 10.1. The fourth-order valence-corrected chi connectivity index (χ4v) is 2.69. The molecule has 1 N–H and O–H groups in total. The molecule has 1 saturated heterocycles. The summed E-state index contributed by atoms with van der Waals surface area (Å²) in [5.41, 5.74) is 1.84. The number of piperazine rings is 1. The Balaban J connectivity index is 1.85. The van der Waals surface area contributed by atoms with Crippen molar-refractivity contribution in [3.63, 3.8) is 0 Å². The van der Waals surface area contributed by atoms with Crippen molar-refractivity contribution in [3.8, 4) is 0 Å². The predicted molar refractivity (Wildman–Crippen MR) is 92.5 cm³/mol. The van der Waals surface area contributed by atoms with E-state index in [1.165, 1.54) is 17.4 Å². The van der Waals surface area contributed by atoms with Crippen LogP contribution in [0, 0.1) is 0 Å². The number of amides is 3. The van der Waals surface area contributed by atoms with Crippen molar-refractivity contribution in [2.24, 2.45) is 0 Å². The summed E-state index contributed by atoms with van der Waals surface area (Å²) in [5, 5.41) is 2.65. The Bertz CT molecular complexity index is 590. The molecule has 6 nitrogen and oxygen atoms in total. The fourth-order valence-electron chi connectivity index (χ4n) is 2.69. The molecule has 3 amide bonds. The number of nitrogens with one attached hydrogen (secondary N) is 1. The van der Waals surface area contributed by atoms with Crippen LogP contribution in [-0.2, 0) is 20.8 Å². The number of anilines is 1. The largest absolute Gasteiger partial charge is 0.339 e. The van der Waals surface area contributed by atoms with Crippen molar-refractivity contribution in [1.82, 2.24) is 9.80 Å².